The van der Waals surface area contributed by atoms with Gasteiger partial charge in [0, 0.05) is 38.6 Å². The number of nitrogens with zero attached hydrogens (tertiary/aromatic N) is 6. The molecule has 3 aromatic rings. The number of piperazine rings is 1. The summed E-state index contributed by atoms with van der Waals surface area (Å²) in [5.41, 5.74) is 4.42. The van der Waals surface area contributed by atoms with E-state index in [4.69, 9.17) is 28.9 Å². The summed E-state index contributed by atoms with van der Waals surface area (Å²) in [5.74, 6) is -4.92. The van der Waals surface area contributed by atoms with Gasteiger partial charge in [0.25, 0.3) is 5.56 Å². The molecule has 1 aromatic carbocycles. The van der Waals surface area contributed by atoms with E-state index < -0.39 is 39.3 Å². The minimum absolute atomic E-state index is 0.0219. The third-order valence-electron chi connectivity index (χ3n) is 8.37. The first kappa shape index (κ1) is 32.9. The number of halogens is 5. The van der Waals surface area contributed by atoms with Crippen LogP contribution in [0.1, 0.15) is 26.3 Å². The number of fused-ring (bicyclic) bond motifs is 1. The highest BCUT2D eigenvalue weighted by atomic mass is 35.5. The van der Waals surface area contributed by atoms with Crippen molar-refractivity contribution in [3.63, 3.8) is 0 Å². The quantitative estimate of drug-likeness (QED) is 0.158. The first-order valence-corrected chi connectivity index (χ1v) is 15.1. The van der Waals surface area contributed by atoms with Crippen molar-refractivity contribution < 1.29 is 18.0 Å². The Bertz CT molecular complexity index is 1950. The average molecular weight is 673 g/mol. The lowest BCUT2D eigenvalue weighted by Crippen LogP contribution is -2.49. The van der Waals surface area contributed by atoms with Crippen LogP contribution in [-0.2, 0) is 4.79 Å². The standard InChI is InChI=1S/C32H30Cl2F3N7O2/c1-6-20(45)42-9-11-43(12-10-42)30-17-13-19(33)27(21-23(35)22(34)24(36)25(37)26(21)39)40-31(17)44(32(46)18(30)14-38)29-16(4)7-8-41(5)28(29)15(2)3/h6-8,13,15,28H,1,9-12,39H2,2-5H3. The van der Waals surface area contributed by atoms with Crippen molar-refractivity contribution in [2.45, 2.75) is 26.8 Å². The maximum Gasteiger partial charge on any atom is 0.276 e. The predicted molar refractivity (Wildman–Crippen MR) is 174 cm³/mol. The van der Waals surface area contributed by atoms with Gasteiger partial charge in [0.2, 0.25) is 5.91 Å². The number of rotatable bonds is 5. The molecule has 2 N–H and O–H groups in total. The molecule has 1 atom stereocenters. The highest BCUT2D eigenvalue weighted by Gasteiger charge is 2.34. The minimum Gasteiger partial charge on any atom is -0.396 e. The fraction of sp³-hybridized carbons (Fsp3) is 0.312. The zero-order valence-electron chi connectivity index (χ0n) is 25.5. The first-order chi connectivity index (χ1) is 21.7. The van der Waals surface area contributed by atoms with Gasteiger partial charge < -0.3 is 20.4 Å². The van der Waals surface area contributed by atoms with Crippen LogP contribution in [0.15, 0.2) is 41.4 Å². The van der Waals surface area contributed by atoms with Crippen LogP contribution < -0.4 is 16.2 Å². The molecule has 1 fully saturated rings. The van der Waals surface area contributed by atoms with Crippen molar-refractivity contribution in [1.82, 2.24) is 19.4 Å². The number of amides is 1. The lowest BCUT2D eigenvalue weighted by Gasteiger charge is -2.38. The van der Waals surface area contributed by atoms with Crippen LogP contribution in [0.5, 0.6) is 0 Å². The molecule has 1 unspecified atom stereocenters. The van der Waals surface area contributed by atoms with Gasteiger partial charge in [-0.15, -0.1) is 0 Å². The highest BCUT2D eigenvalue weighted by Crippen LogP contribution is 2.43. The van der Waals surface area contributed by atoms with Crippen molar-refractivity contribution >= 4 is 57.2 Å². The summed E-state index contributed by atoms with van der Waals surface area (Å²) < 4.78 is 45.9. The number of likely N-dealkylation sites (N-methyl/N-ethyl adjacent to an activating group) is 1. The van der Waals surface area contributed by atoms with Crippen LogP contribution in [-0.4, -0.2) is 64.5 Å². The van der Waals surface area contributed by atoms with Gasteiger partial charge in [0.05, 0.1) is 39.4 Å². The van der Waals surface area contributed by atoms with Crippen molar-refractivity contribution in [1.29, 1.82) is 5.26 Å². The van der Waals surface area contributed by atoms with E-state index in [0.29, 0.717) is 11.3 Å². The number of hydrogen-bond donors (Lipinski definition) is 1. The second kappa shape index (κ2) is 12.4. The molecule has 0 radical (unpaired) electrons. The largest absolute Gasteiger partial charge is 0.396 e. The fourth-order valence-electron chi connectivity index (χ4n) is 6.18. The zero-order chi connectivity index (χ0) is 33.8. The number of carbonyl (C=O) groups is 1. The topological polar surface area (TPSA) is 111 Å². The molecule has 2 aromatic heterocycles. The molecule has 4 heterocycles. The number of nitrogen functional groups attached to an aromatic ring is 1. The Morgan fingerprint density at radius 1 is 1.17 bits per heavy atom. The van der Waals surface area contributed by atoms with Gasteiger partial charge in [-0.2, -0.15) is 5.26 Å². The Morgan fingerprint density at radius 2 is 1.83 bits per heavy atom. The van der Waals surface area contributed by atoms with E-state index in [1.807, 2.05) is 45.0 Å². The zero-order valence-corrected chi connectivity index (χ0v) is 27.0. The van der Waals surface area contributed by atoms with Crippen LogP contribution >= 0.6 is 23.2 Å². The van der Waals surface area contributed by atoms with Crippen LogP contribution in [0.3, 0.4) is 0 Å². The molecule has 0 spiro atoms. The predicted octanol–water partition coefficient (Wildman–Crippen LogP) is 5.79. The molecule has 240 valence electrons. The van der Waals surface area contributed by atoms with Crippen LogP contribution in [0, 0.1) is 34.7 Å². The molecule has 1 saturated heterocycles. The minimum atomic E-state index is -1.66. The van der Waals surface area contributed by atoms with E-state index in [1.54, 1.807) is 9.80 Å². The van der Waals surface area contributed by atoms with E-state index >= 15 is 4.39 Å². The third kappa shape index (κ3) is 5.17. The number of allylic oxidation sites excluding steroid dienone is 2. The average Bonchev–Trinajstić information content (AvgIpc) is 3.03. The number of benzene rings is 1. The molecule has 9 nitrogen and oxygen atoms in total. The molecule has 0 aliphatic carbocycles. The van der Waals surface area contributed by atoms with Gasteiger partial charge in [-0.3, -0.25) is 14.2 Å². The first-order valence-electron chi connectivity index (χ1n) is 14.3. The molecule has 0 saturated carbocycles. The lowest BCUT2D eigenvalue weighted by molar-refractivity contribution is -0.126. The summed E-state index contributed by atoms with van der Waals surface area (Å²) in [5, 5.41) is 9.33. The Hall–Kier alpha value is -4.47. The number of aromatic nitrogens is 2. The van der Waals surface area contributed by atoms with Crippen molar-refractivity contribution in [2.75, 3.05) is 43.9 Å². The number of hydrogen-bond acceptors (Lipinski definition) is 7. The molecule has 1 amide bonds. The van der Waals surface area contributed by atoms with Crippen LogP contribution in [0.2, 0.25) is 10.0 Å². The van der Waals surface area contributed by atoms with E-state index in [-0.39, 0.29) is 77.0 Å². The van der Waals surface area contributed by atoms with E-state index in [9.17, 15) is 23.6 Å². The monoisotopic (exact) mass is 671 g/mol. The van der Waals surface area contributed by atoms with Gasteiger partial charge in [-0.05, 0) is 42.8 Å². The van der Waals surface area contributed by atoms with Crippen molar-refractivity contribution in [3.8, 4) is 17.3 Å². The SMILES string of the molecule is C=CC(=O)N1CCN(c2c(C#N)c(=O)n(C3=C(C)C=CN(C)C3C(C)C)c3nc(-c4c(N)c(F)c(F)c(Cl)c4F)c(Cl)cc23)CC1. The highest BCUT2D eigenvalue weighted by molar-refractivity contribution is 6.34. The molecular weight excluding hydrogens is 642 g/mol. The second-order valence-corrected chi connectivity index (χ2v) is 12.3. The summed E-state index contributed by atoms with van der Waals surface area (Å²) in [4.78, 5) is 36.7. The van der Waals surface area contributed by atoms with Gasteiger partial charge in [-0.25, -0.2) is 18.2 Å². The Morgan fingerprint density at radius 3 is 2.41 bits per heavy atom. The number of carbonyl (C=O) groups excluding carboxylic acids is 1. The number of nitriles is 1. The molecule has 46 heavy (non-hydrogen) atoms. The maximum atomic E-state index is 15.5. The maximum absolute atomic E-state index is 15.5. The number of anilines is 2. The van der Waals surface area contributed by atoms with Gasteiger partial charge in [0.15, 0.2) is 17.5 Å². The molecule has 2 aliphatic rings. The van der Waals surface area contributed by atoms with Gasteiger partial charge in [-0.1, -0.05) is 43.6 Å². The molecular formula is C32H30Cl2F3N7O2. The Kier molecular flexibility index (Phi) is 8.86. The Labute approximate surface area is 273 Å². The van der Waals surface area contributed by atoms with E-state index in [2.05, 4.69) is 17.6 Å². The van der Waals surface area contributed by atoms with Crippen molar-refractivity contribution in [2.24, 2.45) is 5.92 Å². The summed E-state index contributed by atoms with van der Waals surface area (Å²) in [6, 6.07) is 3.10. The number of pyridine rings is 2. The van der Waals surface area contributed by atoms with Gasteiger partial charge >= 0.3 is 0 Å². The molecule has 14 heteroatoms. The normalized spacial score (nSPS) is 16.9. The van der Waals surface area contributed by atoms with E-state index in [1.165, 1.54) is 16.7 Å². The van der Waals surface area contributed by atoms with Gasteiger partial charge in [0.1, 0.15) is 22.3 Å². The van der Waals surface area contributed by atoms with Crippen LogP contribution in [0.4, 0.5) is 24.5 Å². The van der Waals surface area contributed by atoms with E-state index in [0.717, 1.165) is 0 Å². The van der Waals surface area contributed by atoms with Crippen molar-refractivity contribution in [3.05, 3.63) is 80.0 Å². The third-order valence-corrected chi connectivity index (χ3v) is 8.99. The number of nitrogens with two attached hydrogens (primary N) is 1. The molecule has 0 bridgehead atoms. The summed E-state index contributed by atoms with van der Waals surface area (Å²) in [7, 11) is 1.85. The fourth-order valence-corrected chi connectivity index (χ4v) is 6.61. The summed E-state index contributed by atoms with van der Waals surface area (Å²) in [6.07, 6.45) is 4.89. The summed E-state index contributed by atoms with van der Waals surface area (Å²) >= 11 is 12.5. The lowest BCUT2D eigenvalue weighted by atomic mass is 9.93. The smallest absolute Gasteiger partial charge is 0.276 e. The molecule has 5 rings (SSSR count). The second-order valence-electron chi connectivity index (χ2n) is 11.5. The Balaban J connectivity index is 1.91. The summed E-state index contributed by atoms with van der Waals surface area (Å²) in [6.45, 7) is 10.4. The van der Waals surface area contributed by atoms with Crippen LogP contribution in [0.25, 0.3) is 28.0 Å². The molecule has 2 aliphatic heterocycles.